The van der Waals surface area contributed by atoms with Crippen LogP contribution in [0.1, 0.15) is 25.7 Å². The monoisotopic (exact) mass is 197 g/mol. The molecule has 1 unspecified atom stereocenters. The van der Waals surface area contributed by atoms with Crippen LogP contribution in [0.25, 0.3) is 0 Å². The van der Waals surface area contributed by atoms with Gasteiger partial charge in [-0.15, -0.1) is 0 Å². The van der Waals surface area contributed by atoms with Gasteiger partial charge in [-0.2, -0.15) is 13.2 Å². The SMILES string of the molecule is NCC(OC1CCCC1)C(F)(F)F. The van der Waals surface area contributed by atoms with E-state index in [0.29, 0.717) is 0 Å². The number of hydrogen-bond donors (Lipinski definition) is 1. The van der Waals surface area contributed by atoms with Gasteiger partial charge in [-0.05, 0) is 12.8 Å². The summed E-state index contributed by atoms with van der Waals surface area (Å²) in [4.78, 5) is 0. The molecule has 1 rings (SSSR count). The summed E-state index contributed by atoms with van der Waals surface area (Å²) in [6, 6.07) is 0. The van der Waals surface area contributed by atoms with E-state index in [4.69, 9.17) is 10.5 Å². The van der Waals surface area contributed by atoms with Crippen molar-refractivity contribution in [3.8, 4) is 0 Å². The highest BCUT2D eigenvalue weighted by molar-refractivity contribution is 4.74. The van der Waals surface area contributed by atoms with Gasteiger partial charge in [0.05, 0.1) is 6.10 Å². The fraction of sp³-hybridized carbons (Fsp3) is 1.00. The second-order valence-electron chi connectivity index (χ2n) is 3.31. The van der Waals surface area contributed by atoms with Crippen LogP contribution in [0.15, 0.2) is 0 Å². The molecule has 0 heterocycles. The summed E-state index contributed by atoms with van der Waals surface area (Å²) < 4.78 is 41.4. The van der Waals surface area contributed by atoms with Crippen molar-refractivity contribution in [1.82, 2.24) is 0 Å². The first-order valence-electron chi connectivity index (χ1n) is 4.46. The molecule has 13 heavy (non-hydrogen) atoms. The van der Waals surface area contributed by atoms with E-state index in [1.165, 1.54) is 0 Å². The lowest BCUT2D eigenvalue weighted by Crippen LogP contribution is -2.40. The Morgan fingerprint density at radius 2 is 1.85 bits per heavy atom. The molecule has 1 fully saturated rings. The maximum Gasteiger partial charge on any atom is 0.415 e. The third-order valence-corrected chi connectivity index (χ3v) is 2.24. The van der Waals surface area contributed by atoms with Gasteiger partial charge in [-0.3, -0.25) is 0 Å². The maximum absolute atomic E-state index is 12.2. The van der Waals surface area contributed by atoms with Crippen molar-refractivity contribution >= 4 is 0 Å². The normalized spacial score (nSPS) is 22.2. The fourth-order valence-electron chi connectivity index (χ4n) is 1.52. The van der Waals surface area contributed by atoms with Crippen LogP contribution in [0.4, 0.5) is 13.2 Å². The van der Waals surface area contributed by atoms with Gasteiger partial charge in [-0.1, -0.05) is 12.8 Å². The molecule has 0 aliphatic heterocycles. The van der Waals surface area contributed by atoms with Gasteiger partial charge in [0.25, 0.3) is 0 Å². The van der Waals surface area contributed by atoms with Gasteiger partial charge < -0.3 is 10.5 Å². The Morgan fingerprint density at radius 3 is 2.23 bits per heavy atom. The van der Waals surface area contributed by atoms with E-state index in [1.54, 1.807) is 0 Å². The van der Waals surface area contributed by atoms with Crippen LogP contribution in [-0.2, 0) is 4.74 Å². The Bertz CT molecular complexity index is 154. The molecule has 1 atom stereocenters. The predicted molar refractivity (Wildman–Crippen MR) is 42.2 cm³/mol. The lowest BCUT2D eigenvalue weighted by Gasteiger charge is -2.22. The number of ether oxygens (including phenoxy) is 1. The summed E-state index contributed by atoms with van der Waals surface area (Å²) in [5.74, 6) is 0. The third-order valence-electron chi connectivity index (χ3n) is 2.24. The molecule has 0 spiro atoms. The van der Waals surface area contributed by atoms with E-state index < -0.39 is 18.8 Å². The zero-order valence-corrected chi connectivity index (χ0v) is 7.31. The molecule has 1 aliphatic carbocycles. The van der Waals surface area contributed by atoms with Crippen LogP contribution in [0.3, 0.4) is 0 Å². The van der Waals surface area contributed by atoms with E-state index in [-0.39, 0.29) is 6.10 Å². The van der Waals surface area contributed by atoms with Crippen LogP contribution in [0, 0.1) is 0 Å². The molecule has 1 aliphatic rings. The third kappa shape index (κ3) is 3.15. The van der Waals surface area contributed by atoms with E-state index >= 15 is 0 Å². The molecule has 5 heteroatoms. The fourth-order valence-corrected chi connectivity index (χ4v) is 1.52. The Morgan fingerprint density at radius 1 is 1.31 bits per heavy atom. The van der Waals surface area contributed by atoms with Crippen LogP contribution >= 0.6 is 0 Å². The van der Waals surface area contributed by atoms with Crippen molar-refractivity contribution in [2.75, 3.05) is 6.54 Å². The number of rotatable bonds is 3. The van der Waals surface area contributed by atoms with Gasteiger partial charge in [-0.25, -0.2) is 0 Å². The summed E-state index contributed by atoms with van der Waals surface area (Å²) in [7, 11) is 0. The molecule has 0 amide bonds. The zero-order valence-electron chi connectivity index (χ0n) is 7.31. The topological polar surface area (TPSA) is 35.2 Å². The van der Waals surface area contributed by atoms with E-state index in [0.717, 1.165) is 25.7 Å². The molecule has 0 aromatic carbocycles. The predicted octanol–water partition coefficient (Wildman–Crippen LogP) is 1.84. The van der Waals surface area contributed by atoms with E-state index in [9.17, 15) is 13.2 Å². The standard InChI is InChI=1S/C8H14F3NO/c9-8(10,11)7(5-12)13-6-3-1-2-4-6/h6-7H,1-5,12H2. The maximum atomic E-state index is 12.2. The summed E-state index contributed by atoms with van der Waals surface area (Å²) in [5, 5.41) is 0. The summed E-state index contributed by atoms with van der Waals surface area (Å²) in [6.45, 7) is -0.486. The Balaban J connectivity index is 2.39. The quantitative estimate of drug-likeness (QED) is 0.749. The molecule has 0 aromatic rings. The molecule has 0 saturated heterocycles. The molecule has 0 aromatic heterocycles. The molecule has 0 radical (unpaired) electrons. The first kappa shape index (κ1) is 10.8. The second kappa shape index (κ2) is 4.28. The first-order chi connectivity index (χ1) is 6.04. The van der Waals surface area contributed by atoms with Gasteiger partial charge >= 0.3 is 6.18 Å². The van der Waals surface area contributed by atoms with Crippen molar-refractivity contribution in [1.29, 1.82) is 0 Å². The Labute approximate surface area is 75.2 Å². The average Bonchev–Trinajstić information content (AvgIpc) is 2.49. The molecule has 2 N–H and O–H groups in total. The van der Waals surface area contributed by atoms with Gasteiger partial charge in [0.2, 0.25) is 0 Å². The van der Waals surface area contributed by atoms with Crippen LogP contribution < -0.4 is 5.73 Å². The van der Waals surface area contributed by atoms with Crippen molar-refractivity contribution in [3.63, 3.8) is 0 Å². The minimum absolute atomic E-state index is 0.241. The van der Waals surface area contributed by atoms with E-state index in [1.807, 2.05) is 0 Å². The Hall–Kier alpha value is -0.290. The van der Waals surface area contributed by atoms with Crippen LogP contribution in [0.2, 0.25) is 0 Å². The Kier molecular flexibility index (Phi) is 3.55. The number of halogens is 3. The van der Waals surface area contributed by atoms with Crippen molar-refractivity contribution in [2.45, 2.75) is 44.1 Å². The van der Waals surface area contributed by atoms with Gasteiger partial charge in [0, 0.05) is 6.54 Å². The molecule has 2 nitrogen and oxygen atoms in total. The highest BCUT2D eigenvalue weighted by Crippen LogP contribution is 2.28. The number of nitrogens with two attached hydrogens (primary N) is 1. The first-order valence-corrected chi connectivity index (χ1v) is 4.46. The molecular weight excluding hydrogens is 183 g/mol. The summed E-state index contributed by atoms with van der Waals surface area (Å²) in [6.07, 6.45) is -2.97. The van der Waals surface area contributed by atoms with Crippen molar-refractivity contribution in [2.24, 2.45) is 5.73 Å². The molecule has 0 bridgehead atoms. The van der Waals surface area contributed by atoms with Crippen molar-refractivity contribution in [3.05, 3.63) is 0 Å². The number of alkyl halides is 3. The van der Waals surface area contributed by atoms with Gasteiger partial charge in [0.15, 0.2) is 6.10 Å². The van der Waals surface area contributed by atoms with E-state index in [2.05, 4.69) is 0 Å². The summed E-state index contributed by atoms with van der Waals surface area (Å²) >= 11 is 0. The highest BCUT2D eigenvalue weighted by Gasteiger charge is 2.41. The lowest BCUT2D eigenvalue weighted by molar-refractivity contribution is -0.228. The van der Waals surface area contributed by atoms with Crippen molar-refractivity contribution < 1.29 is 17.9 Å². The summed E-state index contributed by atoms with van der Waals surface area (Å²) in [5.41, 5.74) is 4.99. The minimum atomic E-state index is -4.32. The second-order valence-corrected chi connectivity index (χ2v) is 3.31. The van der Waals surface area contributed by atoms with Crippen LogP contribution in [0.5, 0.6) is 0 Å². The smallest absolute Gasteiger partial charge is 0.364 e. The molecule has 1 saturated carbocycles. The van der Waals surface area contributed by atoms with Crippen LogP contribution in [-0.4, -0.2) is 24.9 Å². The van der Waals surface area contributed by atoms with Gasteiger partial charge in [0.1, 0.15) is 0 Å². The molecule has 78 valence electrons. The zero-order chi connectivity index (χ0) is 9.90. The molecular formula is C8H14F3NO. The lowest BCUT2D eigenvalue weighted by atomic mass is 10.3. The largest absolute Gasteiger partial charge is 0.415 e. The average molecular weight is 197 g/mol. The number of hydrogen-bond acceptors (Lipinski definition) is 2. The minimum Gasteiger partial charge on any atom is -0.364 e. The highest BCUT2D eigenvalue weighted by atomic mass is 19.4.